The molecular formula is C24H23Cl2N5O3S2. The van der Waals surface area contributed by atoms with Gasteiger partial charge in [-0.1, -0.05) is 40.6 Å². The van der Waals surface area contributed by atoms with Crippen molar-refractivity contribution in [1.82, 2.24) is 19.1 Å². The van der Waals surface area contributed by atoms with E-state index in [-0.39, 0.29) is 29.8 Å². The first-order chi connectivity index (χ1) is 17.1. The van der Waals surface area contributed by atoms with Crippen LogP contribution in [0.3, 0.4) is 0 Å². The largest absolute Gasteiger partial charge is 0.310 e. The lowest BCUT2D eigenvalue weighted by atomic mass is 9.97. The van der Waals surface area contributed by atoms with Gasteiger partial charge in [-0.2, -0.15) is 14.1 Å². The quantitative estimate of drug-likeness (QED) is 0.348. The minimum absolute atomic E-state index is 0.171. The minimum Gasteiger partial charge on any atom is -0.310 e. The van der Waals surface area contributed by atoms with Gasteiger partial charge in [-0.3, -0.25) is 4.79 Å². The Morgan fingerprint density at radius 2 is 1.78 bits per heavy atom. The second-order valence-corrected chi connectivity index (χ2v) is 12.5. The Morgan fingerprint density at radius 1 is 1.08 bits per heavy atom. The van der Waals surface area contributed by atoms with Crippen LogP contribution in [-0.4, -0.2) is 46.5 Å². The van der Waals surface area contributed by atoms with Crippen LogP contribution in [0.4, 0.5) is 5.82 Å². The number of carbonyl (C=O) groups excluding carboxylic acids is 1. The lowest BCUT2D eigenvalue weighted by molar-refractivity contribution is -0.120. The van der Waals surface area contributed by atoms with Crippen LogP contribution in [0, 0.1) is 19.8 Å². The topological polar surface area (TPSA) is 97.2 Å². The number of amides is 1. The van der Waals surface area contributed by atoms with Gasteiger partial charge < -0.3 is 5.32 Å². The molecule has 8 nitrogen and oxygen atoms in total. The molecule has 1 aliphatic rings. The lowest BCUT2D eigenvalue weighted by Crippen LogP contribution is -2.41. The first-order valence-electron chi connectivity index (χ1n) is 11.3. The standard InChI is InChI=1S/C24H23Cl2N5O3S2/c1-14-3-8-19(26)22-21(14)28-24(35-22)31-20(13-15(2)29-31)27-23(32)16-9-11-30(12-10-16)36(33,34)18-6-4-17(25)5-7-18/h3-8,13,16H,9-12H2,1-2H3,(H,27,32). The number of nitrogens with zero attached hydrogens (tertiary/aromatic N) is 4. The Kier molecular flexibility index (Phi) is 6.82. The summed E-state index contributed by atoms with van der Waals surface area (Å²) in [6.07, 6.45) is 0.837. The average Bonchev–Trinajstić information content (AvgIpc) is 3.46. The van der Waals surface area contributed by atoms with Crippen molar-refractivity contribution in [3.63, 3.8) is 0 Å². The number of anilines is 1. The van der Waals surface area contributed by atoms with Gasteiger partial charge in [-0.15, -0.1) is 0 Å². The molecule has 0 saturated carbocycles. The van der Waals surface area contributed by atoms with Crippen molar-refractivity contribution in [2.24, 2.45) is 5.92 Å². The van der Waals surface area contributed by atoms with Gasteiger partial charge in [0.05, 0.1) is 25.8 Å². The zero-order valence-electron chi connectivity index (χ0n) is 19.5. The number of piperidine rings is 1. The highest BCUT2D eigenvalue weighted by Crippen LogP contribution is 2.34. The molecule has 0 bridgehead atoms. The molecule has 0 atom stereocenters. The SMILES string of the molecule is Cc1cc(NC(=O)C2CCN(S(=O)(=O)c3ccc(Cl)cc3)CC2)n(-c2nc3c(C)ccc(Cl)c3s2)n1. The lowest BCUT2D eigenvalue weighted by Gasteiger charge is -2.30. The zero-order chi connectivity index (χ0) is 25.6. The highest BCUT2D eigenvalue weighted by molar-refractivity contribution is 7.89. The number of hydrogen-bond donors (Lipinski definition) is 1. The Bertz CT molecular complexity index is 1520. The van der Waals surface area contributed by atoms with E-state index < -0.39 is 10.0 Å². The number of benzene rings is 2. The van der Waals surface area contributed by atoms with Gasteiger partial charge >= 0.3 is 0 Å². The van der Waals surface area contributed by atoms with E-state index in [0.29, 0.717) is 33.8 Å². The first kappa shape index (κ1) is 25.2. The van der Waals surface area contributed by atoms with Crippen molar-refractivity contribution in [1.29, 1.82) is 0 Å². The molecule has 2 aromatic heterocycles. The molecule has 0 radical (unpaired) electrons. The number of aryl methyl sites for hydroxylation is 2. The molecule has 1 aliphatic heterocycles. The average molecular weight is 565 g/mol. The Morgan fingerprint density at radius 3 is 2.44 bits per heavy atom. The number of nitrogens with one attached hydrogen (secondary N) is 1. The summed E-state index contributed by atoms with van der Waals surface area (Å²) in [5, 5.41) is 9.20. The molecule has 0 unspecified atom stereocenters. The van der Waals surface area contributed by atoms with Crippen LogP contribution in [0.15, 0.2) is 47.4 Å². The van der Waals surface area contributed by atoms with Crippen LogP contribution in [0.1, 0.15) is 24.1 Å². The molecule has 1 saturated heterocycles. The summed E-state index contributed by atoms with van der Waals surface area (Å²) in [4.78, 5) is 18.0. The summed E-state index contributed by atoms with van der Waals surface area (Å²) in [6.45, 7) is 4.34. The molecule has 1 N–H and O–H groups in total. The minimum atomic E-state index is -3.63. The number of hydrogen-bond acceptors (Lipinski definition) is 6. The maximum absolute atomic E-state index is 13.1. The summed E-state index contributed by atoms with van der Waals surface area (Å²) in [6, 6.07) is 11.7. The molecular weight excluding hydrogens is 541 g/mol. The van der Waals surface area contributed by atoms with E-state index >= 15 is 0 Å². The van der Waals surface area contributed by atoms with Crippen molar-refractivity contribution in [3.8, 4) is 5.13 Å². The summed E-state index contributed by atoms with van der Waals surface area (Å²) in [5.41, 5.74) is 2.55. The van der Waals surface area contributed by atoms with Gasteiger partial charge in [0.25, 0.3) is 0 Å². The molecule has 0 spiro atoms. The molecule has 188 valence electrons. The number of fused-ring (bicyclic) bond motifs is 1. The Labute approximate surface area is 222 Å². The third-order valence-electron chi connectivity index (χ3n) is 6.23. The van der Waals surface area contributed by atoms with Crippen molar-refractivity contribution < 1.29 is 13.2 Å². The fraction of sp³-hybridized carbons (Fsp3) is 0.292. The van der Waals surface area contributed by atoms with E-state index in [1.807, 2.05) is 26.0 Å². The third kappa shape index (κ3) is 4.76. The maximum atomic E-state index is 13.1. The molecule has 3 heterocycles. The number of thiazole rings is 1. The maximum Gasteiger partial charge on any atom is 0.243 e. The van der Waals surface area contributed by atoms with Gasteiger partial charge in [-0.05, 0) is 62.6 Å². The highest BCUT2D eigenvalue weighted by Gasteiger charge is 2.32. The molecule has 5 rings (SSSR count). The summed E-state index contributed by atoms with van der Waals surface area (Å²) in [5.74, 6) is 0.0222. The van der Waals surface area contributed by atoms with Crippen molar-refractivity contribution in [2.75, 3.05) is 18.4 Å². The van der Waals surface area contributed by atoms with Gasteiger partial charge in [0.2, 0.25) is 21.1 Å². The number of carbonyl (C=O) groups is 1. The van der Waals surface area contributed by atoms with E-state index in [4.69, 9.17) is 28.2 Å². The number of sulfonamides is 1. The fourth-order valence-electron chi connectivity index (χ4n) is 4.26. The summed E-state index contributed by atoms with van der Waals surface area (Å²) >= 11 is 13.7. The highest BCUT2D eigenvalue weighted by atomic mass is 35.5. The Hall–Kier alpha value is -2.50. The normalized spacial score (nSPS) is 15.4. The molecule has 1 fully saturated rings. The second kappa shape index (κ2) is 9.75. The van der Waals surface area contributed by atoms with Crippen molar-refractivity contribution >= 4 is 66.5 Å². The van der Waals surface area contributed by atoms with Gasteiger partial charge in [0.1, 0.15) is 5.82 Å². The van der Waals surface area contributed by atoms with E-state index in [2.05, 4.69) is 10.4 Å². The number of rotatable bonds is 5. The van der Waals surface area contributed by atoms with Crippen LogP contribution >= 0.6 is 34.5 Å². The second-order valence-electron chi connectivity index (χ2n) is 8.74. The number of aromatic nitrogens is 3. The molecule has 2 aromatic carbocycles. The fourth-order valence-corrected chi connectivity index (χ4v) is 7.14. The van der Waals surface area contributed by atoms with Crippen LogP contribution in [-0.2, 0) is 14.8 Å². The summed E-state index contributed by atoms with van der Waals surface area (Å²) < 4.78 is 29.8. The van der Waals surface area contributed by atoms with Crippen LogP contribution < -0.4 is 5.32 Å². The van der Waals surface area contributed by atoms with Crippen LogP contribution in [0.5, 0.6) is 0 Å². The van der Waals surface area contributed by atoms with E-state index in [1.165, 1.54) is 27.8 Å². The van der Waals surface area contributed by atoms with Crippen molar-refractivity contribution in [2.45, 2.75) is 31.6 Å². The van der Waals surface area contributed by atoms with Gasteiger partial charge in [-0.25, -0.2) is 13.4 Å². The summed E-state index contributed by atoms with van der Waals surface area (Å²) in [7, 11) is -3.63. The van der Waals surface area contributed by atoms with Gasteiger partial charge in [0.15, 0.2) is 0 Å². The predicted octanol–water partition coefficient (Wildman–Crippen LogP) is 5.45. The molecule has 1 amide bonds. The van der Waals surface area contributed by atoms with E-state index in [0.717, 1.165) is 21.5 Å². The first-order valence-corrected chi connectivity index (χ1v) is 14.3. The van der Waals surface area contributed by atoms with Crippen LogP contribution in [0.25, 0.3) is 15.3 Å². The Balaban J connectivity index is 1.30. The number of halogens is 2. The molecule has 36 heavy (non-hydrogen) atoms. The molecule has 4 aromatic rings. The molecule has 0 aliphatic carbocycles. The van der Waals surface area contributed by atoms with E-state index in [9.17, 15) is 13.2 Å². The molecule has 12 heteroatoms. The third-order valence-corrected chi connectivity index (χ3v) is 9.88. The van der Waals surface area contributed by atoms with Crippen molar-refractivity contribution in [3.05, 3.63) is 63.8 Å². The zero-order valence-corrected chi connectivity index (χ0v) is 22.7. The van der Waals surface area contributed by atoms with Crippen LogP contribution in [0.2, 0.25) is 10.0 Å². The van der Waals surface area contributed by atoms with Gasteiger partial charge in [0, 0.05) is 30.1 Å². The predicted molar refractivity (Wildman–Crippen MR) is 143 cm³/mol. The van der Waals surface area contributed by atoms with E-state index in [1.54, 1.807) is 22.9 Å². The smallest absolute Gasteiger partial charge is 0.243 e. The monoisotopic (exact) mass is 563 g/mol.